The number of rotatable bonds is 8. The van der Waals surface area contributed by atoms with Crippen molar-refractivity contribution in [2.24, 2.45) is 0 Å². The molecule has 2 aromatic carbocycles. The number of nitrogens with one attached hydrogen (secondary N) is 2. The van der Waals surface area contributed by atoms with E-state index in [2.05, 4.69) is 15.0 Å². The molecule has 0 aliphatic rings. The van der Waals surface area contributed by atoms with Gasteiger partial charge in [0.25, 0.3) is 10.0 Å². The summed E-state index contributed by atoms with van der Waals surface area (Å²) in [6.45, 7) is -0.568. The molecule has 33 heavy (non-hydrogen) atoms. The van der Waals surface area contributed by atoms with Crippen molar-refractivity contribution >= 4 is 66.2 Å². The molecule has 13 heteroatoms. The van der Waals surface area contributed by atoms with E-state index in [-0.39, 0.29) is 26.3 Å². The zero-order chi connectivity index (χ0) is 24.2. The number of anilines is 3. The molecule has 3 aromatic rings. The normalized spacial score (nSPS) is 11.6. The Hall–Kier alpha value is -2.86. The van der Waals surface area contributed by atoms with Crippen LogP contribution >= 0.6 is 23.2 Å². The second-order valence-electron chi connectivity index (χ2n) is 6.79. The maximum Gasteiger partial charge on any atom is 0.261 e. The molecule has 0 aliphatic heterocycles. The number of benzene rings is 2. The Balaban J connectivity index is 1.74. The monoisotopic (exact) mass is 528 g/mol. The largest absolute Gasteiger partial charge is 0.325 e. The summed E-state index contributed by atoms with van der Waals surface area (Å²) in [6, 6.07) is 12.8. The van der Waals surface area contributed by atoms with E-state index in [0.29, 0.717) is 5.69 Å². The van der Waals surface area contributed by atoms with Crippen LogP contribution in [-0.2, 0) is 24.8 Å². The summed E-state index contributed by atoms with van der Waals surface area (Å²) in [5.74, 6) is -0.666. The number of sulfonamides is 2. The summed E-state index contributed by atoms with van der Waals surface area (Å²) in [6.07, 6.45) is 3.82. The molecule has 0 fully saturated rings. The number of halogens is 2. The lowest BCUT2D eigenvalue weighted by atomic mass is 10.3. The number of hydrogen-bond donors (Lipinski definition) is 2. The number of carbonyl (C=O) groups is 1. The molecule has 0 saturated carbocycles. The summed E-state index contributed by atoms with van der Waals surface area (Å²) >= 11 is 12.0. The van der Waals surface area contributed by atoms with Gasteiger partial charge in [0, 0.05) is 16.9 Å². The van der Waals surface area contributed by atoms with Crippen LogP contribution in [0, 0.1) is 0 Å². The van der Waals surface area contributed by atoms with E-state index in [9.17, 15) is 21.6 Å². The van der Waals surface area contributed by atoms with Gasteiger partial charge in [0.05, 0.1) is 33.7 Å². The van der Waals surface area contributed by atoms with E-state index >= 15 is 0 Å². The molecule has 0 atom stereocenters. The van der Waals surface area contributed by atoms with E-state index < -0.39 is 32.5 Å². The minimum Gasteiger partial charge on any atom is -0.325 e. The molecule has 0 radical (unpaired) electrons. The maximum absolute atomic E-state index is 12.5. The van der Waals surface area contributed by atoms with Gasteiger partial charge in [-0.25, -0.2) is 16.8 Å². The highest BCUT2D eigenvalue weighted by Gasteiger charge is 2.23. The Bertz CT molecular complexity index is 1370. The smallest absolute Gasteiger partial charge is 0.261 e. The van der Waals surface area contributed by atoms with Crippen molar-refractivity contribution in [1.82, 2.24) is 4.98 Å². The lowest BCUT2D eigenvalue weighted by Gasteiger charge is -2.23. The molecule has 174 valence electrons. The van der Waals surface area contributed by atoms with Gasteiger partial charge in [0.15, 0.2) is 0 Å². The van der Waals surface area contributed by atoms with E-state index in [1.165, 1.54) is 54.9 Å². The van der Waals surface area contributed by atoms with Crippen LogP contribution in [0.4, 0.5) is 17.1 Å². The van der Waals surface area contributed by atoms with Crippen LogP contribution in [0.2, 0.25) is 10.0 Å². The molecule has 0 spiro atoms. The average Bonchev–Trinajstić information content (AvgIpc) is 2.74. The van der Waals surface area contributed by atoms with Gasteiger partial charge in [0.1, 0.15) is 6.54 Å². The Morgan fingerprint density at radius 1 is 1.00 bits per heavy atom. The van der Waals surface area contributed by atoms with Crippen molar-refractivity contribution in [1.29, 1.82) is 0 Å². The first kappa shape index (κ1) is 24.8. The molecule has 3 rings (SSSR count). The fourth-order valence-corrected chi connectivity index (χ4v) is 5.08. The molecule has 0 unspecified atom stereocenters. The van der Waals surface area contributed by atoms with Gasteiger partial charge < -0.3 is 5.32 Å². The molecule has 1 heterocycles. The van der Waals surface area contributed by atoms with Crippen LogP contribution in [0.1, 0.15) is 0 Å². The van der Waals surface area contributed by atoms with Gasteiger partial charge in [-0.15, -0.1) is 0 Å². The SMILES string of the molecule is CS(=O)(=O)N(CC(=O)Nc1ccc(S(=O)(=O)Nc2cccnc2)cc1)c1cc(Cl)ccc1Cl. The van der Waals surface area contributed by atoms with E-state index in [4.69, 9.17) is 23.2 Å². The highest BCUT2D eigenvalue weighted by atomic mass is 35.5. The minimum absolute atomic E-state index is 0.0344. The Labute approximate surface area is 201 Å². The van der Waals surface area contributed by atoms with Gasteiger partial charge in [-0.1, -0.05) is 23.2 Å². The summed E-state index contributed by atoms with van der Waals surface area (Å²) in [5, 5.41) is 2.89. The van der Waals surface area contributed by atoms with Gasteiger partial charge in [0.2, 0.25) is 15.9 Å². The summed E-state index contributed by atoms with van der Waals surface area (Å²) in [7, 11) is -7.72. The van der Waals surface area contributed by atoms with E-state index in [1.807, 2.05) is 0 Å². The fraction of sp³-hybridized carbons (Fsp3) is 0.100. The van der Waals surface area contributed by atoms with E-state index in [0.717, 1.165) is 10.6 Å². The van der Waals surface area contributed by atoms with Crippen LogP contribution in [0.15, 0.2) is 71.9 Å². The van der Waals surface area contributed by atoms with Crippen molar-refractivity contribution in [2.45, 2.75) is 4.90 Å². The minimum atomic E-state index is -3.86. The molecule has 0 saturated heterocycles. The van der Waals surface area contributed by atoms with Gasteiger partial charge in [-0.2, -0.15) is 0 Å². The molecular formula is C20H18Cl2N4O5S2. The Morgan fingerprint density at radius 3 is 2.30 bits per heavy atom. The Morgan fingerprint density at radius 2 is 1.70 bits per heavy atom. The predicted octanol–water partition coefficient (Wildman–Crippen LogP) is 3.59. The van der Waals surface area contributed by atoms with Crippen LogP contribution in [0.3, 0.4) is 0 Å². The third-order valence-electron chi connectivity index (χ3n) is 4.23. The molecule has 0 bridgehead atoms. The fourth-order valence-electron chi connectivity index (χ4n) is 2.74. The van der Waals surface area contributed by atoms with E-state index in [1.54, 1.807) is 12.1 Å². The number of aromatic nitrogens is 1. The average molecular weight is 529 g/mol. The maximum atomic E-state index is 12.5. The third-order valence-corrected chi connectivity index (χ3v) is 7.30. The number of hydrogen-bond acceptors (Lipinski definition) is 6. The van der Waals surface area contributed by atoms with Crippen molar-refractivity contribution in [3.63, 3.8) is 0 Å². The summed E-state index contributed by atoms with van der Waals surface area (Å²) in [4.78, 5) is 16.3. The summed E-state index contributed by atoms with van der Waals surface area (Å²) < 4.78 is 52.7. The van der Waals surface area contributed by atoms with Gasteiger partial charge >= 0.3 is 0 Å². The molecule has 0 aliphatic carbocycles. The first-order chi connectivity index (χ1) is 15.5. The van der Waals surface area contributed by atoms with Gasteiger partial charge in [-0.05, 0) is 54.6 Å². The summed E-state index contributed by atoms with van der Waals surface area (Å²) in [5.41, 5.74) is 0.631. The molecule has 1 amide bonds. The number of nitrogens with zero attached hydrogens (tertiary/aromatic N) is 2. The first-order valence-electron chi connectivity index (χ1n) is 9.21. The quantitative estimate of drug-likeness (QED) is 0.460. The second kappa shape index (κ2) is 9.96. The first-order valence-corrected chi connectivity index (χ1v) is 13.3. The van der Waals surface area contributed by atoms with Crippen molar-refractivity contribution in [3.05, 3.63) is 77.0 Å². The second-order valence-corrected chi connectivity index (χ2v) is 11.2. The third kappa shape index (κ3) is 6.57. The highest BCUT2D eigenvalue weighted by molar-refractivity contribution is 7.92. The number of amides is 1. The van der Waals surface area contributed by atoms with Crippen LogP contribution < -0.4 is 14.3 Å². The number of pyridine rings is 1. The molecule has 1 aromatic heterocycles. The van der Waals surface area contributed by atoms with Crippen LogP contribution in [0.25, 0.3) is 0 Å². The highest BCUT2D eigenvalue weighted by Crippen LogP contribution is 2.30. The van der Waals surface area contributed by atoms with Crippen molar-refractivity contribution in [3.8, 4) is 0 Å². The lowest BCUT2D eigenvalue weighted by molar-refractivity contribution is -0.114. The number of carbonyl (C=O) groups excluding carboxylic acids is 1. The Kier molecular flexibility index (Phi) is 7.48. The predicted molar refractivity (Wildman–Crippen MR) is 129 cm³/mol. The van der Waals surface area contributed by atoms with Gasteiger partial charge in [-0.3, -0.25) is 18.8 Å². The van der Waals surface area contributed by atoms with Crippen molar-refractivity contribution < 1.29 is 21.6 Å². The molecule has 2 N–H and O–H groups in total. The topological polar surface area (TPSA) is 126 Å². The lowest BCUT2D eigenvalue weighted by Crippen LogP contribution is -2.37. The standard InChI is InChI=1S/C20H18Cl2N4O5S2/c1-32(28,29)26(19-11-14(21)4-9-18(19)22)13-20(27)24-15-5-7-17(8-6-15)33(30,31)25-16-3-2-10-23-12-16/h2-12,25H,13H2,1H3,(H,24,27). The van der Waals surface area contributed by atoms with Crippen molar-refractivity contribution in [2.75, 3.05) is 27.1 Å². The molecule has 9 nitrogen and oxygen atoms in total. The zero-order valence-corrected chi connectivity index (χ0v) is 20.2. The molecular weight excluding hydrogens is 511 g/mol. The zero-order valence-electron chi connectivity index (χ0n) is 17.1. The van der Waals surface area contributed by atoms with Crippen LogP contribution in [-0.4, -0.2) is 40.5 Å². The van der Waals surface area contributed by atoms with Crippen LogP contribution in [0.5, 0.6) is 0 Å².